The Morgan fingerprint density at radius 3 is 2.31 bits per heavy atom. The summed E-state index contributed by atoms with van der Waals surface area (Å²) in [7, 11) is 0. The van der Waals surface area contributed by atoms with Gasteiger partial charge in [0.25, 0.3) is 0 Å². The Hall–Kier alpha value is -3.02. The number of nitrogens with zero attached hydrogens (tertiary/aromatic N) is 3. The van der Waals surface area contributed by atoms with Crippen LogP contribution in [0.25, 0.3) is 0 Å². The predicted molar refractivity (Wildman–Crippen MR) is 124 cm³/mol. The van der Waals surface area contributed by atoms with E-state index in [9.17, 15) is 4.79 Å². The van der Waals surface area contributed by atoms with Crippen molar-refractivity contribution < 1.29 is 9.53 Å². The Balaban J connectivity index is 1.33. The van der Waals surface area contributed by atoms with Crippen LogP contribution in [0.3, 0.4) is 0 Å². The standard InChI is InChI=1S/C27H29N3O2/c31-27-19-29(25-13-23-10-4-5-11-24(23)14-25)17-26(32-20-21-7-2-1-3-8-21)18-30(27)16-22-9-6-12-28-15-22/h1-12,15,25-26H,13-14,16-20H2. The van der Waals surface area contributed by atoms with E-state index < -0.39 is 0 Å². The van der Waals surface area contributed by atoms with Crippen LogP contribution in [-0.2, 0) is 35.5 Å². The van der Waals surface area contributed by atoms with Crippen molar-refractivity contribution in [2.45, 2.75) is 38.1 Å². The lowest BCUT2D eigenvalue weighted by atomic mass is 10.1. The third kappa shape index (κ3) is 4.90. The molecule has 32 heavy (non-hydrogen) atoms. The van der Waals surface area contributed by atoms with Gasteiger partial charge in [-0.2, -0.15) is 0 Å². The molecule has 1 aliphatic heterocycles. The normalized spacial score (nSPS) is 19.7. The van der Waals surface area contributed by atoms with Crippen LogP contribution >= 0.6 is 0 Å². The molecule has 1 amide bonds. The molecule has 1 aliphatic carbocycles. The summed E-state index contributed by atoms with van der Waals surface area (Å²) < 4.78 is 6.38. The lowest BCUT2D eigenvalue weighted by Crippen LogP contribution is -2.43. The number of amides is 1. The van der Waals surface area contributed by atoms with E-state index in [0.717, 1.165) is 30.5 Å². The van der Waals surface area contributed by atoms with Gasteiger partial charge in [0.05, 0.1) is 19.3 Å². The van der Waals surface area contributed by atoms with Crippen molar-refractivity contribution >= 4 is 5.91 Å². The Morgan fingerprint density at radius 1 is 0.875 bits per heavy atom. The number of fused-ring (bicyclic) bond motifs is 1. The second-order valence-corrected chi connectivity index (χ2v) is 8.81. The summed E-state index contributed by atoms with van der Waals surface area (Å²) in [5.74, 6) is 0.163. The minimum atomic E-state index is -0.0398. The van der Waals surface area contributed by atoms with Gasteiger partial charge in [-0.15, -0.1) is 0 Å². The average Bonchev–Trinajstić information content (AvgIpc) is 3.20. The molecule has 2 aromatic carbocycles. The first-order valence-electron chi connectivity index (χ1n) is 11.4. The van der Waals surface area contributed by atoms with Gasteiger partial charge >= 0.3 is 0 Å². The number of carbonyl (C=O) groups excluding carboxylic acids is 1. The zero-order valence-corrected chi connectivity index (χ0v) is 18.3. The number of ether oxygens (including phenoxy) is 1. The fraction of sp³-hybridized carbons (Fsp3) is 0.333. The average molecular weight is 428 g/mol. The molecule has 2 aliphatic rings. The predicted octanol–water partition coefficient (Wildman–Crippen LogP) is 3.48. The Kier molecular flexibility index (Phi) is 6.28. The highest BCUT2D eigenvalue weighted by Gasteiger charge is 2.34. The van der Waals surface area contributed by atoms with Crippen LogP contribution in [-0.4, -0.2) is 52.5 Å². The lowest BCUT2D eigenvalue weighted by Gasteiger charge is -2.28. The Bertz CT molecular complexity index is 1020. The minimum absolute atomic E-state index is 0.0398. The summed E-state index contributed by atoms with van der Waals surface area (Å²) in [5, 5.41) is 0. The number of pyridine rings is 1. The molecule has 1 saturated heterocycles. The number of rotatable bonds is 6. The molecule has 1 atom stereocenters. The van der Waals surface area contributed by atoms with Crippen molar-refractivity contribution in [3.8, 4) is 0 Å². The molecule has 1 aromatic heterocycles. The van der Waals surface area contributed by atoms with E-state index in [2.05, 4.69) is 46.3 Å². The molecule has 164 valence electrons. The van der Waals surface area contributed by atoms with E-state index in [-0.39, 0.29) is 12.0 Å². The molecule has 0 saturated carbocycles. The fourth-order valence-corrected chi connectivity index (χ4v) is 4.84. The maximum Gasteiger partial charge on any atom is 0.237 e. The maximum atomic E-state index is 13.3. The first-order chi connectivity index (χ1) is 15.7. The SMILES string of the molecule is O=C1CN(C2Cc3ccccc3C2)CC(OCc2ccccc2)CN1Cc1cccnc1. The molecule has 0 radical (unpaired) electrons. The third-order valence-electron chi connectivity index (χ3n) is 6.52. The first-order valence-corrected chi connectivity index (χ1v) is 11.4. The third-order valence-corrected chi connectivity index (χ3v) is 6.52. The molecule has 3 aromatic rings. The number of carbonyl (C=O) groups is 1. The van der Waals surface area contributed by atoms with Gasteiger partial charge in [-0.3, -0.25) is 14.7 Å². The molecule has 5 rings (SSSR count). The van der Waals surface area contributed by atoms with Gasteiger partial charge in [0.1, 0.15) is 0 Å². The minimum Gasteiger partial charge on any atom is -0.370 e. The summed E-state index contributed by atoms with van der Waals surface area (Å²) in [6.07, 6.45) is 5.55. The summed E-state index contributed by atoms with van der Waals surface area (Å²) >= 11 is 0. The molecule has 0 bridgehead atoms. The van der Waals surface area contributed by atoms with Crippen LogP contribution in [0.1, 0.15) is 22.3 Å². The Labute approximate surface area is 189 Å². The topological polar surface area (TPSA) is 45.7 Å². The van der Waals surface area contributed by atoms with Crippen LogP contribution < -0.4 is 0 Å². The van der Waals surface area contributed by atoms with Crippen LogP contribution in [0.15, 0.2) is 79.1 Å². The maximum absolute atomic E-state index is 13.3. The number of hydrogen-bond donors (Lipinski definition) is 0. The highest BCUT2D eigenvalue weighted by atomic mass is 16.5. The lowest BCUT2D eigenvalue weighted by molar-refractivity contribution is -0.132. The molecule has 5 heteroatoms. The van der Waals surface area contributed by atoms with Gasteiger partial charge in [-0.1, -0.05) is 60.7 Å². The van der Waals surface area contributed by atoms with Crippen LogP contribution in [0, 0.1) is 0 Å². The van der Waals surface area contributed by atoms with Gasteiger partial charge in [0.2, 0.25) is 5.91 Å². The monoisotopic (exact) mass is 427 g/mol. The van der Waals surface area contributed by atoms with Gasteiger partial charge < -0.3 is 9.64 Å². The summed E-state index contributed by atoms with van der Waals surface area (Å²) in [5.41, 5.74) is 5.01. The number of benzene rings is 2. The largest absolute Gasteiger partial charge is 0.370 e. The molecule has 5 nitrogen and oxygen atoms in total. The molecule has 1 fully saturated rings. The van der Waals surface area contributed by atoms with E-state index in [4.69, 9.17) is 4.74 Å². The summed E-state index contributed by atoms with van der Waals surface area (Å²) in [6.45, 7) is 2.91. The zero-order valence-electron chi connectivity index (χ0n) is 18.3. The van der Waals surface area contributed by atoms with E-state index in [1.54, 1.807) is 6.20 Å². The van der Waals surface area contributed by atoms with Crippen molar-refractivity contribution in [3.63, 3.8) is 0 Å². The molecule has 0 N–H and O–H groups in total. The van der Waals surface area contributed by atoms with Gasteiger partial charge in [0.15, 0.2) is 0 Å². The quantitative estimate of drug-likeness (QED) is 0.604. The van der Waals surface area contributed by atoms with Crippen molar-refractivity contribution in [1.29, 1.82) is 0 Å². The van der Waals surface area contributed by atoms with Crippen molar-refractivity contribution in [1.82, 2.24) is 14.8 Å². The van der Waals surface area contributed by atoms with Crippen LogP contribution in [0.4, 0.5) is 0 Å². The van der Waals surface area contributed by atoms with Crippen LogP contribution in [0.5, 0.6) is 0 Å². The second kappa shape index (κ2) is 9.63. The zero-order chi connectivity index (χ0) is 21.8. The van der Waals surface area contributed by atoms with Gasteiger partial charge in [-0.25, -0.2) is 0 Å². The van der Waals surface area contributed by atoms with E-state index in [1.807, 2.05) is 41.4 Å². The van der Waals surface area contributed by atoms with Gasteiger partial charge in [-0.05, 0) is 41.2 Å². The van der Waals surface area contributed by atoms with Crippen molar-refractivity contribution in [2.24, 2.45) is 0 Å². The van der Waals surface area contributed by atoms with Crippen LogP contribution in [0.2, 0.25) is 0 Å². The smallest absolute Gasteiger partial charge is 0.237 e. The molecule has 2 heterocycles. The van der Waals surface area contributed by atoms with Crippen molar-refractivity contribution in [3.05, 3.63) is 101 Å². The molecule has 1 unspecified atom stereocenters. The summed E-state index contributed by atoms with van der Waals surface area (Å²) in [4.78, 5) is 21.8. The fourth-order valence-electron chi connectivity index (χ4n) is 4.84. The van der Waals surface area contributed by atoms with Gasteiger partial charge in [0, 0.05) is 38.1 Å². The number of aromatic nitrogens is 1. The van der Waals surface area contributed by atoms with E-state index in [1.165, 1.54) is 11.1 Å². The van der Waals surface area contributed by atoms with E-state index >= 15 is 0 Å². The summed E-state index contributed by atoms with van der Waals surface area (Å²) in [6, 6.07) is 23.2. The molecular weight excluding hydrogens is 398 g/mol. The number of hydrogen-bond acceptors (Lipinski definition) is 4. The van der Waals surface area contributed by atoms with Crippen molar-refractivity contribution in [2.75, 3.05) is 19.6 Å². The first kappa shape index (κ1) is 20.9. The van der Waals surface area contributed by atoms with E-state index in [0.29, 0.717) is 32.3 Å². The molecule has 0 spiro atoms. The second-order valence-electron chi connectivity index (χ2n) is 8.81. The highest BCUT2D eigenvalue weighted by Crippen LogP contribution is 2.27. The Morgan fingerprint density at radius 2 is 1.59 bits per heavy atom. The molecular formula is C27H29N3O2. The highest BCUT2D eigenvalue weighted by molar-refractivity contribution is 5.78.